The minimum atomic E-state index is 0.0222. The highest BCUT2D eigenvalue weighted by atomic mass is 16.7. The Balaban J connectivity index is 1.20. The molecule has 1 amide bonds. The number of likely N-dealkylation sites (tertiary alicyclic amines) is 1. The molecule has 0 unspecified atom stereocenters. The van der Waals surface area contributed by atoms with Crippen LogP contribution in [0.4, 0.5) is 0 Å². The molecule has 0 aromatic heterocycles. The summed E-state index contributed by atoms with van der Waals surface area (Å²) in [6, 6.07) is 18.5. The molecule has 0 saturated carbocycles. The van der Waals surface area contributed by atoms with Crippen molar-refractivity contribution < 1.29 is 9.63 Å². The van der Waals surface area contributed by atoms with E-state index in [2.05, 4.69) is 53.0 Å². The van der Waals surface area contributed by atoms with Crippen molar-refractivity contribution in [1.29, 1.82) is 0 Å². The maximum Gasteiger partial charge on any atom is 0.251 e. The quantitative estimate of drug-likeness (QED) is 0.168. The number of hydrogen-bond acceptors (Lipinski definition) is 4. The summed E-state index contributed by atoms with van der Waals surface area (Å²) in [5.41, 5.74) is 6.35. The number of amides is 1. The van der Waals surface area contributed by atoms with Crippen LogP contribution in [-0.2, 0) is 17.9 Å². The molecule has 2 N–H and O–H groups in total. The van der Waals surface area contributed by atoms with E-state index >= 15 is 0 Å². The molecule has 0 spiro atoms. The molecule has 0 atom stereocenters. The summed E-state index contributed by atoms with van der Waals surface area (Å²) in [6.45, 7) is 6.80. The molecule has 2 aromatic rings. The highest BCUT2D eigenvalue weighted by molar-refractivity contribution is 5.94. The number of piperidine rings is 1. The standard InChI is InChI=1S/C32H49N3O2/c1-2-3-4-5-6-7-8-9-10-14-23-33-32(36)30-19-17-28(18-20-30)26-34-37-31-21-24-35(25-22-31)27-29-15-12-11-13-16-29/h11-13,15-20,31,34H,2-10,14,21-27H2,1H3,(H,33,36). The van der Waals surface area contributed by atoms with Gasteiger partial charge in [0.1, 0.15) is 0 Å². The van der Waals surface area contributed by atoms with E-state index in [4.69, 9.17) is 4.84 Å². The van der Waals surface area contributed by atoms with Crippen LogP contribution >= 0.6 is 0 Å². The van der Waals surface area contributed by atoms with Gasteiger partial charge in [0, 0.05) is 38.3 Å². The van der Waals surface area contributed by atoms with Crippen LogP contribution in [-0.4, -0.2) is 36.5 Å². The van der Waals surface area contributed by atoms with E-state index in [9.17, 15) is 4.79 Å². The van der Waals surface area contributed by atoms with E-state index < -0.39 is 0 Å². The van der Waals surface area contributed by atoms with Crippen molar-refractivity contribution in [2.24, 2.45) is 0 Å². The molecule has 5 nitrogen and oxygen atoms in total. The van der Waals surface area contributed by atoms with E-state index in [1.807, 2.05) is 24.3 Å². The van der Waals surface area contributed by atoms with Gasteiger partial charge in [-0.15, -0.1) is 0 Å². The number of carbonyl (C=O) groups is 1. The molecule has 0 aliphatic carbocycles. The summed E-state index contributed by atoms with van der Waals surface area (Å²) in [6.07, 6.45) is 15.4. The molecular formula is C32H49N3O2. The van der Waals surface area contributed by atoms with Crippen molar-refractivity contribution in [3.63, 3.8) is 0 Å². The lowest BCUT2D eigenvalue weighted by Crippen LogP contribution is -2.38. The molecule has 3 rings (SSSR count). The molecule has 1 aliphatic rings. The molecule has 1 fully saturated rings. The Kier molecular flexibility index (Phi) is 14.4. The first kappa shape index (κ1) is 29.3. The van der Waals surface area contributed by atoms with Gasteiger partial charge in [-0.25, -0.2) is 0 Å². The van der Waals surface area contributed by atoms with Gasteiger partial charge in [0.2, 0.25) is 0 Å². The Hall–Kier alpha value is -2.21. The summed E-state index contributed by atoms with van der Waals surface area (Å²) in [7, 11) is 0. The highest BCUT2D eigenvalue weighted by Gasteiger charge is 2.20. The van der Waals surface area contributed by atoms with Crippen LogP contribution in [0.1, 0.15) is 105 Å². The predicted molar refractivity (Wildman–Crippen MR) is 153 cm³/mol. The zero-order chi connectivity index (χ0) is 26.0. The van der Waals surface area contributed by atoms with Crippen LogP contribution in [0.3, 0.4) is 0 Å². The van der Waals surface area contributed by atoms with Gasteiger partial charge in [-0.3, -0.25) is 14.5 Å². The summed E-state index contributed by atoms with van der Waals surface area (Å²) < 4.78 is 0. The van der Waals surface area contributed by atoms with E-state index in [-0.39, 0.29) is 12.0 Å². The van der Waals surface area contributed by atoms with Crippen LogP contribution in [0.15, 0.2) is 54.6 Å². The fraction of sp³-hybridized carbons (Fsp3) is 0.594. The Morgan fingerprint density at radius 2 is 1.43 bits per heavy atom. The third-order valence-corrected chi connectivity index (χ3v) is 7.34. The fourth-order valence-corrected chi connectivity index (χ4v) is 4.96. The van der Waals surface area contributed by atoms with Gasteiger partial charge in [-0.1, -0.05) is 107 Å². The third-order valence-electron chi connectivity index (χ3n) is 7.34. The number of rotatable bonds is 18. The first-order valence-electron chi connectivity index (χ1n) is 14.8. The van der Waals surface area contributed by atoms with E-state index in [1.165, 1.54) is 63.4 Å². The Labute approximate surface area is 225 Å². The molecule has 1 saturated heterocycles. The second-order valence-corrected chi connectivity index (χ2v) is 10.5. The molecule has 204 valence electrons. The zero-order valence-corrected chi connectivity index (χ0v) is 23.1. The smallest absolute Gasteiger partial charge is 0.251 e. The summed E-state index contributed by atoms with van der Waals surface area (Å²) in [4.78, 5) is 20.8. The Morgan fingerprint density at radius 1 is 0.811 bits per heavy atom. The molecule has 1 aliphatic heterocycles. The molecule has 2 aromatic carbocycles. The Morgan fingerprint density at radius 3 is 2.08 bits per heavy atom. The van der Waals surface area contributed by atoms with Crippen molar-refractivity contribution >= 4 is 5.91 Å². The monoisotopic (exact) mass is 507 g/mol. The largest absolute Gasteiger partial charge is 0.352 e. The lowest BCUT2D eigenvalue weighted by molar-refractivity contribution is -0.0576. The summed E-state index contributed by atoms with van der Waals surface area (Å²) >= 11 is 0. The lowest BCUT2D eigenvalue weighted by Gasteiger charge is -2.31. The van der Waals surface area contributed by atoms with Crippen molar-refractivity contribution in [3.05, 3.63) is 71.3 Å². The number of carbonyl (C=O) groups excluding carboxylic acids is 1. The maximum atomic E-state index is 12.4. The van der Waals surface area contributed by atoms with Crippen molar-refractivity contribution in [1.82, 2.24) is 15.7 Å². The molecule has 0 radical (unpaired) electrons. The normalized spacial score (nSPS) is 14.6. The van der Waals surface area contributed by atoms with Gasteiger partial charge in [0.25, 0.3) is 5.91 Å². The number of hydroxylamine groups is 1. The minimum Gasteiger partial charge on any atom is -0.352 e. The lowest BCUT2D eigenvalue weighted by atomic mass is 10.1. The molecule has 37 heavy (non-hydrogen) atoms. The van der Waals surface area contributed by atoms with E-state index in [0.29, 0.717) is 6.54 Å². The van der Waals surface area contributed by atoms with E-state index in [1.54, 1.807) is 0 Å². The van der Waals surface area contributed by atoms with Gasteiger partial charge in [0.15, 0.2) is 0 Å². The number of unbranched alkanes of at least 4 members (excludes halogenated alkanes) is 9. The van der Waals surface area contributed by atoms with Gasteiger partial charge in [0.05, 0.1) is 6.10 Å². The summed E-state index contributed by atoms with van der Waals surface area (Å²) in [5, 5.41) is 3.07. The first-order chi connectivity index (χ1) is 18.2. The first-order valence-corrected chi connectivity index (χ1v) is 14.8. The van der Waals surface area contributed by atoms with Gasteiger partial charge >= 0.3 is 0 Å². The van der Waals surface area contributed by atoms with Gasteiger partial charge in [-0.2, -0.15) is 5.48 Å². The zero-order valence-electron chi connectivity index (χ0n) is 23.1. The predicted octanol–water partition coefficient (Wildman–Crippen LogP) is 7.02. The van der Waals surface area contributed by atoms with Crippen molar-refractivity contribution in [3.8, 4) is 0 Å². The second-order valence-electron chi connectivity index (χ2n) is 10.5. The van der Waals surface area contributed by atoms with Crippen LogP contribution < -0.4 is 10.8 Å². The van der Waals surface area contributed by atoms with Crippen molar-refractivity contribution in [2.75, 3.05) is 19.6 Å². The topological polar surface area (TPSA) is 53.6 Å². The SMILES string of the molecule is CCCCCCCCCCCCNC(=O)c1ccc(CNOC2CCN(Cc3ccccc3)CC2)cc1. The number of nitrogens with zero attached hydrogens (tertiary/aromatic N) is 1. The number of hydrogen-bond donors (Lipinski definition) is 2. The second kappa shape index (κ2) is 18.1. The third kappa shape index (κ3) is 12.3. The highest BCUT2D eigenvalue weighted by Crippen LogP contribution is 2.16. The minimum absolute atomic E-state index is 0.0222. The van der Waals surface area contributed by atoms with Gasteiger partial charge < -0.3 is 5.32 Å². The number of benzene rings is 2. The van der Waals surface area contributed by atoms with Crippen molar-refractivity contribution in [2.45, 2.75) is 103 Å². The average Bonchev–Trinajstić information content (AvgIpc) is 2.93. The molecule has 0 bridgehead atoms. The average molecular weight is 508 g/mol. The Bertz CT molecular complexity index is 848. The fourth-order valence-electron chi connectivity index (χ4n) is 4.96. The van der Waals surface area contributed by atoms with Crippen LogP contribution in [0, 0.1) is 0 Å². The molecular weight excluding hydrogens is 458 g/mol. The summed E-state index contributed by atoms with van der Waals surface area (Å²) in [5.74, 6) is 0.0222. The number of nitrogens with one attached hydrogen (secondary N) is 2. The van der Waals surface area contributed by atoms with E-state index in [0.717, 1.165) is 56.6 Å². The molecule has 5 heteroatoms. The van der Waals surface area contributed by atoms with Crippen LogP contribution in [0.5, 0.6) is 0 Å². The molecule has 1 heterocycles. The van der Waals surface area contributed by atoms with Crippen LogP contribution in [0.2, 0.25) is 0 Å². The van der Waals surface area contributed by atoms with Gasteiger partial charge in [-0.05, 0) is 42.5 Å². The van der Waals surface area contributed by atoms with Crippen LogP contribution in [0.25, 0.3) is 0 Å². The maximum absolute atomic E-state index is 12.4.